The largest absolute Gasteiger partial charge is 0.336 e. The van der Waals surface area contributed by atoms with E-state index in [0.717, 1.165) is 12.8 Å². The van der Waals surface area contributed by atoms with E-state index >= 15 is 0 Å². The molecule has 2 amide bonds. The molecule has 1 saturated carbocycles. The van der Waals surface area contributed by atoms with E-state index in [1.54, 1.807) is 0 Å². The van der Waals surface area contributed by atoms with Crippen molar-refractivity contribution in [1.29, 1.82) is 0 Å². The zero-order chi connectivity index (χ0) is 17.8. The smallest absolute Gasteiger partial charge is 0.319 e. The number of urea groups is 1. The molecule has 0 unspecified atom stereocenters. The third-order valence-electron chi connectivity index (χ3n) is 4.75. The maximum atomic E-state index is 12.1. The van der Waals surface area contributed by atoms with Crippen LogP contribution in [0.3, 0.4) is 0 Å². The number of primary sulfonamides is 1. The Morgan fingerprint density at radius 3 is 2.25 bits per heavy atom. The third kappa shape index (κ3) is 4.68. The Labute approximate surface area is 143 Å². The molecule has 134 valence electrons. The van der Waals surface area contributed by atoms with Crippen LogP contribution in [0.4, 0.5) is 10.5 Å². The number of amides is 2. The SMILES string of the molecule is CN(C)C1(CNC(=O)Nc2ccc(S(N)(=O)=O)cc2)CCCCC1. The maximum Gasteiger partial charge on any atom is 0.319 e. The van der Waals surface area contributed by atoms with Crippen molar-refractivity contribution in [2.45, 2.75) is 42.5 Å². The molecule has 0 heterocycles. The molecular weight excluding hydrogens is 328 g/mol. The standard InChI is InChI=1S/C16H26N4O3S/c1-20(2)16(10-4-3-5-11-16)12-18-15(21)19-13-6-8-14(9-7-13)24(17,22)23/h6-9H,3-5,10-12H2,1-2H3,(H2,17,22,23)(H2,18,19,21). The summed E-state index contributed by atoms with van der Waals surface area (Å²) in [7, 11) is 0.381. The Morgan fingerprint density at radius 2 is 1.75 bits per heavy atom. The fourth-order valence-electron chi connectivity index (χ4n) is 3.14. The number of nitrogens with one attached hydrogen (secondary N) is 2. The van der Waals surface area contributed by atoms with Gasteiger partial charge in [0.25, 0.3) is 0 Å². The van der Waals surface area contributed by atoms with Gasteiger partial charge in [0.15, 0.2) is 0 Å². The Balaban J connectivity index is 1.93. The number of carbonyl (C=O) groups is 1. The summed E-state index contributed by atoms with van der Waals surface area (Å²) < 4.78 is 22.4. The summed E-state index contributed by atoms with van der Waals surface area (Å²) in [5, 5.41) is 10.7. The molecule has 1 aliphatic carbocycles. The molecule has 2 rings (SSSR count). The second-order valence-electron chi connectivity index (χ2n) is 6.56. The molecule has 1 aliphatic rings. The first-order chi connectivity index (χ1) is 11.2. The Hall–Kier alpha value is -1.64. The van der Waals surface area contributed by atoms with Crippen LogP contribution in [0.25, 0.3) is 0 Å². The average Bonchev–Trinajstić information content (AvgIpc) is 2.53. The van der Waals surface area contributed by atoms with Crippen LogP contribution in [-0.2, 0) is 10.0 Å². The quantitative estimate of drug-likeness (QED) is 0.749. The highest BCUT2D eigenvalue weighted by Gasteiger charge is 2.34. The minimum atomic E-state index is -3.72. The highest BCUT2D eigenvalue weighted by Crippen LogP contribution is 2.31. The monoisotopic (exact) mass is 354 g/mol. The van der Waals surface area contributed by atoms with Crippen molar-refractivity contribution >= 4 is 21.7 Å². The third-order valence-corrected chi connectivity index (χ3v) is 5.68. The first-order valence-electron chi connectivity index (χ1n) is 8.08. The van der Waals surface area contributed by atoms with Gasteiger partial charge in [0.2, 0.25) is 10.0 Å². The number of nitrogens with zero attached hydrogens (tertiary/aromatic N) is 1. The number of hydrogen-bond acceptors (Lipinski definition) is 4. The predicted molar refractivity (Wildman–Crippen MR) is 94.3 cm³/mol. The number of nitrogens with two attached hydrogens (primary N) is 1. The van der Waals surface area contributed by atoms with Crippen molar-refractivity contribution < 1.29 is 13.2 Å². The minimum Gasteiger partial charge on any atom is -0.336 e. The molecule has 0 aliphatic heterocycles. The minimum absolute atomic E-state index is 0.00702. The van der Waals surface area contributed by atoms with Crippen molar-refractivity contribution in [2.24, 2.45) is 5.14 Å². The Bertz CT molecular complexity index is 665. The Morgan fingerprint density at radius 1 is 1.17 bits per heavy atom. The topological polar surface area (TPSA) is 105 Å². The van der Waals surface area contributed by atoms with E-state index < -0.39 is 10.0 Å². The van der Waals surface area contributed by atoms with Gasteiger partial charge in [-0.05, 0) is 51.2 Å². The summed E-state index contributed by atoms with van der Waals surface area (Å²) in [5.74, 6) is 0. The number of sulfonamides is 1. The van der Waals surface area contributed by atoms with E-state index in [4.69, 9.17) is 5.14 Å². The number of rotatable bonds is 5. The van der Waals surface area contributed by atoms with Crippen molar-refractivity contribution in [3.05, 3.63) is 24.3 Å². The molecule has 7 nitrogen and oxygen atoms in total. The van der Waals surface area contributed by atoms with Crippen LogP contribution in [0.15, 0.2) is 29.2 Å². The van der Waals surface area contributed by atoms with Gasteiger partial charge in [0, 0.05) is 17.8 Å². The van der Waals surface area contributed by atoms with Crippen LogP contribution >= 0.6 is 0 Å². The average molecular weight is 354 g/mol. The zero-order valence-electron chi connectivity index (χ0n) is 14.2. The predicted octanol–water partition coefficient (Wildman–Crippen LogP) is 1.72. The van der Waals surface area contributed by atoms with Gasteiger partial charge in [-0.15, -0.1) is 0 Å². The van der Waals surface area contributed by atoms with Crippen LogP contribution in [0.5, 0.6) is 0 Å². The van der Waals surface area contributed by atoms with Gasteiger partial charge < -0.3 is 15.5 Å². The highest BCUT2D eigenvalue weighted by molar-refractivity contribution is 7.89. The summed E-state index contributed by atoms with van der Waals surface area (Å²) in [6.07, 6.45) is 5.75. The van der Waals surface area contributed by atoms with Crippen molar-refractivity contribution in [3.8, 4) is 0 Å². The number of anilines is 1. The number of likely N-dealkylation sites (N-methyl/N-ethyl adjacent to an activating group) is 1. The lowest BCUT2D eigenvalue weighted by Crippen LogP contribution is -2.54. The molecule has 0 aromatic heterocycles. The lowest BCUT2D eigenvalue weighted by Gasteiger charge is -2.43. The second kappa shape index (κ2) is 7.50. The van der Waals surface area contributed by atoms with E-state index in [9.17, 15) is 13.2 Å². The molecule has 0 radical (unpaired) electrons. The molecular formula is C16H26N4O3S. The van der Waals surface area contributed by atoms with E-state index in [0.29, 0.717) is 12.2 Å². The van der Waals surface area contributed by atoms with Crippen LogP contribution in [-0.4, -0.2) is 45.5 Å². The molecule has 0 saturated heterocycles. The van der Waals surface area contributed by atoms with E-state index in [1.807, 2.05) is 0 Å². The summed E-state index contributed by atoms with van der Waals surface area (Å²) in [6, 6.07) is 5.47. The van der Waals surface area contributed by atoms with Crippen molar-refractivity contribution in [3.63, 3.8) is 0 Å². The molecule has 4 N–H and O–H groups in total. The van der Waals surface area contributed by atoms with Gasteiger partial charge in [-0.1, -0.05) is 19.3 Å². The molecule has 0 spiro atoms. The zero-order valence-corrected chi connectivity index (χ0v) is 15.0. The molecule has 24 heavy (non-hydrogen) atoms. The van der Waals surface area contributed by atoms with Crippen LogP contribution < -0.4 is 15.8 Å². The highest BCUT2D eigenvalue weighted by atomic mass is 32.2. The molecule has 1 aromatic carbocycles. The van der Waals surface area contributed by atoms with E-state index in [-0.39, 0.29) is 16.5 Å². The lowest BCUT2D eigenvalue weighted by molar-refractivity contribution is 0.101. The second-order valence-corrected chi connectivity index (χ2v) is 8.12. The lowest BCUT2D eigenvalue weighted by atomic mass is 9.80. The van der Waals surface area contributed by atoms with E-state index in [2.05, 4.69) is 29.6 Å². The molecule has 1 fully saturated rings. The van der Waals surface area contributed by atoms with Gasteiger partial charge in [0.1, 0.15) is 0 Å². The van der Waals surface area contributed by atoms with E-state index in [1.165, 1.54) is 43.5 Å². The van der Waals surface area contributed by atoms with Gasteiger partial charge >= 0.3 is 6.03 Å². The van der Waals surface area contributed by atoms with Gasteiger partial charge in [-0.25, -0.2) is 18.4 Å². The summed E-state index contributed by atoms with van der Waals surface area (Å²) in [4.78, 5) is 14.3. The number of hydrogen-bond donors (Lipinski definition) is 3. The normalized spacial score (nSPS) is 17.5. The number of carbonyl (C=O) groups excluding carboxylic acids is 1. The maximum absolute atomic E-state index is 12.1. The fraction of sp³-hybridized carbons (Fsp3) is 0.562. The fourth-order valence-corrected chi connectivity index (χ4v) is 3.66. The molecule has 1 aromatic rings. The summed E-state index contributed by atoms with van der Waals surface area (Å²) in [6.45, 7) is 0.584. The summed E-state index contributed by atoms with van der Waals surface area (Å²) in [5.41, 5.74) is 0.523. The Kier molecular flexibility index (Phi) is 5.84. The first-order valence-corrected chi connectivity index (χ1v) is 9.63. The summed E-state index contributed by atoms with van der Waals surface area (Å²) >= 11 is 0. The van der Waals surface area contributed by atoms with Gasteiger partial charge in [0.05, 0.1) is 4.90 Å². The van der Waals surface area contributed by atoms with Gasteiger partial charge in [-0.2, -0.15) is 0 Å². The van der Waals surface area contributed by atoms with Gasteiger partial charge in [-0.3, -0.25) is 0 Å². The van der Waals surface area contributed by atoms with Crippen molar-refractivity contribution in [1.82, 2.24) is 10.2 Å². The molecule has 8 heteroatoms. The van der Waals surface area contributed by atoms with Crippen LogP contribution in [0.1, 0.15) is 32.1 Å². The van der Waals surface area contributed by atoms with Crippen LogP contribution in [0, 0.1) is 0 Å². The first kappa shape index (κ1) is 18.7. The van der Waals surface area contributed by atoms with Crippen LogP contribution in [0.2, 0.25) is 0 Å². The molecule has 0 atom stereocenters. The number of benzene rings is 1. The van der Waals surface area contributed by atoms with Crippen molar-refractivity contribution in [2.75, 3.05) is 26.0 Å². The molecule has 0 bridgehead atoms.